The van der Waals surface area contributed by atoms with Gasteiger partial charge in [-0.1, -0.05) is 12.1 Å². The largest absolute Gasteiger partial charge is 0.312 e. The molecule has 0 saturated heterocycles. The molecular formula is C15H15NOS. The predicted molar refractivity (Wildman–Crippen MR) is 74.3 cm³/mol. The minimum absolute atomic E-state index is 0.140. The Balaban J connectivity index is 1.95. The number of hydrogen-bond donors (Lipinski definition) is 1. The number of hydrogen-bond acceptors (Lipinski definition) is 3. The van der Waals surface area contributed by atoms with Gasteiger partial charge in [0.15, 0.2) is 0 Å². The van der Waals surface area contributed by atoms with Crippen LogP contribution >= 0.6 is 11.3 Å². The zero-order valence-electron chi connectivity index (χ0n) is 10.3. The fourth-order valence-corrected chi connectivity index (χ4v) is 3.15. The number of carbonyl (C=O) groups is 1. The average molecular weight is 257 g/mol. The quantitative estimate of drug-likeness (QED) is 0.838. The summed E-state index contributed by atoms with van der Waals surface area (Å²) in [6.07, 6.45) is 1.06. The van der Waals surface area contributed by atoms with E-state index < -0.39 is 0 Å². The number of thiophene rings is 1. The predicted octanol–water partition coefficient (Wildman–Crippen LogP) is 2.93. The number of aryl methyl sites for hydroxylation is 1. The van der Waals surface area contributed by atoms with E-state index >= 15 is 0 Å². The summed E-state index contributed by atoms with van der Waals surface area (Å²) >= 11 is 1.56. The minimum Gasteiger partial charge on any atom is -0.312 e. The van der Waals surface area contributed by atoms with Gasteiger partial charge in [0.2, 0.25) is 5.78 Å². The van der Waals surface area contributed by atoms with Gasteiger partial charge in [-0.05, 0) is 49.2 Å². The van der Waals surface area contributed by atoms with E-state index in [2.05, 4.69) is 11.4 Å². The van der Waals surface area contributed by atoms with Crippen LogP contribution in [0.25, 0.3) is 0 Å². The lowest BCUT2D eigenvalue weighted by Crippen LogP contribution is -2.23. The minimum atomic E-state index is 0.140. The van der Waals surface area contributed by atoms with E-state index in [0.29, 0.717) is 0 Å². The van der Waals surface area contributed by atoms with Crippen LogP contribution < -0.4 is 5.32 Å². The molecule has 0 radical (unpaired) electrons. The third-order valence-corrected chi connectivity index (χ3v) is 4.32. The highest BCUT2D eigenvalue weighted by Gasteiger charge is 2.14. The Bertz CT molecular complexity index is 600. The molecule has 0 saturated carbocycles. The number of nitrogens with one attached hydrogen (secondary N) is 1. The van der Waals surface area contributed by atoms with E-state index in [-0.39, 0.29) is 5.78 Å². The number of ketones is 1. The average Bonchev–Trinajstić information content (AvgIpc) is 2.84. The molecule has 0 fully saturated rings. The van der Waals surface area contributed by atoms with Crippen molar-refractivity contribution in [2.75, 3.05) is 6.54 Å². The van der Waals surface area contributed by atoms with E-state index in [9.17, 15) is 4.79 Å². The van der Waals surface area contributed by atoms with Crippen molar-refractivity contribution in [3.05, 3.63) is 56.8 Å². The molecule has 3 heteroatoms. The van der Waals surface area contributed by atoms with Crippen LogP contribution in [0.4, 0.5) is 0 Å². The summed E-state index contributed by atoms with van der Waals surface area (Å²) in [5.41, 5.74) is 3.44. The molecule has 1 aliphatic heterocycles. The van der Waals surface area contributed by atoms with Crippen molar-refractivity contribution in [1.82, 2.24) is 5.32 Å². The highest BCUT2D eigenvalue weighted by molar-refractivity contribution is 7.14. The van der Waals surface area contributed by atoms with Gasteiger partial charge in [0.25, 0.3) is 0 Å². The third kappa shape index (κ3) is 2.11. The first kappa shape index (κ1) is 11.6. The Morgan fingerprint density at radius 2 is 2.11 bits per heavy atom. The maximum absolute atomic E-state index is 12.3. The molecule has 2 nitrogen and oxygen atoms in total. The molecule has 1 N–H and O–H groups in total. The van der Waals surface area contributed by atoms with Gasteiger partial charge in [0.1, 0.15) is 0 Å². The highest BCUT2D eigenvalue weighted by Crippen LogP contribution is 2.22. The molecule has 18 heavy (non-hydrogen) atoms. The lowest BCUT2D eigenvalue weighted by atomic mass is 9.97. The van der Waals surface area contributed by atoms with Crippen LogP contribution in [0.5, 0.6) is 0 Å². The molecular weight excluding hydrogens is 242 g/mol. The fraction of sp³-hybridized carbons (Fsp3) is 0.267. The summed E-state index contributed by atoms with van der Waals surface area (Å²) < 4.78 is 0. The third-order valence-electron chi connectivity index (χ3n) is 3.32. The second kappa shape index (κ2) is 4.67. The SMILES string of the molecule is Cc1ccc(C(=O)c2ccc3c(c2)CNCC3)s1. The van der Waals surface area contributed by atoms with E-state index in [1.807, 2.05) is 31.2 Å². The topological polar surface area (TPSA) is 29.1 Å². The standard InChI is InChI=1S/C15H15NOS/c1-10-2-5-14(18-10)15(17)12-4-3-11-6-7-16-9-13(11)8-12/h2-5,8,16H,6-7,9H2,1H3. The molecule has 2 heterocycles. The van der Waals surface area contributed by atoms with Crippen LogP contribution in [0.15, 0.2) is 30.3 Å². The highest BCUT2D eigenvalue weighted by atomic mass is 32.1. The van der Waals surface area contributed by atoms with E-state index in [1.165, 1.54) is 16.0 Å². The first-order valence-corrected chi connectivity index (χ1v) is 6.99. The van der Waals surface area contributed by atoms with Crippen LogP contribution in [0.2, 0.25) is 0 Å². The summed E-state index contributed by atoms with van der Waals surface area (Å²) in [5.74, 6) is 0.140. The molecule has 1 aliphatic rings. The maximum atomic E-state index is 12.3. The smallest absolute Gasteiger partial charge is 0.202 e. The molecule has 0 aliphatic carbocycles. The second-order valence-electron chi connectivity index (χ2n) is 4.65. The van der Waals surface area contributed by atoms with Crippen LogP contribution in [-0.2, 0) is 13.0 Å². The van der Waals surface area contributed by atoms with Crippen LogP contribution in [0, 0.1) is 6.92 Å². The van der Waals surface area contributed by atoms with Gasteiger partial charge in [0, 0.05) is 17.0 Å². The molecule has 3 rings (SSSR count). The first-order chi connectivity index (χ1) is 8.74. The first-order valence-electron chi connectivity index (χ1n) is 6.18. The number of carbonyl (C=O) groups excluding carboxylic acids is 1. The van der Waals surface area contributed by atoms with E-state index in [0.717, 1.165) is 30.0 Å². The monoisotopic (exact) mass is 257 g/mol. The Morgan fingerprint density at radius 3 is 2.89 bits per heavy atom. The van der Waals surface area contributed by atoms with Gasteiger partial charge < -0.3 is 5.32 Å². The van der Waals surface area contributed by atoms with Crippen molar-refractivity contribution in [2.24, 2.45) is 0 Å². The van der Waals surface area contributed by atoms with Crippen molar-refractivity contribution in [3.63, 3.8) is 0 Å². The summed E-state index contributed by atoms with van der Waals surface area (Å²) in [5, 5.41) is 3.34. The van der Waals surface area contributed by atoms with E-state index in [4.69, 9.17) is 0 Å². The van der Waals surface area contributed by atoms with Gasteiger partial charge in [0.05, 0.1) is 4.88 Å². The van der Waals surface area contributed by atoms with E-state index in [1.54, 1.807) is 11.3 Å². The molecule has 0 bridgehead atoms. The second-order valence-corrected chi connectivity index (χ2v) is 5.94. The molecule has 1 aromatic heterocycles. The molecule has 2 aromatic rings. The summed E-state index contributed by atoms with van der Waals surface area (Å²) in [7, 11) is 0. The maximum Gasteiger partial charge on any atom is 0.202 e. The van der Waals surface area contributed by atoms with Gasteiger partial charge in [-0.25, -0.2) is 0 Å². The molecule has 0 spiro atoms. The normalized spacial score (nSPS) is 14.3. The Hall–Kier alpha value is -1.45. The summed E-state index contributed by atoms with van der Waals surface area (Å²) in [4.78, 5) is 14.3. The van der Waals surface area contributed by atoms with Crippen molar-refractivity contribution in [2.45, 2.75) is 19.9 Å². The fourth-order valence-electron chi connectivity index (χ4n) is 2.32. The van der Waals surface area contributed by atoms with Crippen molar-refractivity contribution in [3.8, 4) is 0 Å². The lowest BCUT2D eigenvalue weighted by Gasteiger charge is -2.17. The Morgan fingerprint density at radius 1 is 1.22 bits per heavy atom. The molecule has 0 unspecified atom stereocenters. The number of fused-ring (bicyclic) bond motifs is 1. The van der Waals surface area contributed by atoms with Crippen molar-refractivity contribution >= 4 is 17.1 Å². The van der Waals surface area contributed by atoms with Crippen LogP contribution in [0.3, 0.4) is 0 Å². The molecule has 92 valence electrons. The van der Waals surface area contributed by atoms with Crippen molar-refractivity contribution in [1.29, 1.82) is 0 Å². The molecule has 1 aromatic carbocycles. The Labute approximate surface area is 111 Å². The zero-order valence-corrected chi connectivity index (χ0v) is 11.1. The Kier molecular flexibility index (Phi) is 3.02. The van der Waals surface area contributed by atoms with Gasteiger partial charge in [-0.2, -0.15) is 0 Å². The molecule has 0 amide bonds. The number of benzene rings is 1. The van der Waals surface area contributed by atoms with Crippen molar-refractivity contribution < 1.29 is 4.79 Å². The summed E-state index contributed by atoms with van der Waals surface area (Å²) in [6.45, 7) is 3.93. The van der Waals surface area contributed by atoms with Crippen LogP contribution in [-0.4, -0.2) is 12.3 Å². The molecule has 0 atom stereocenters. The van der Waals surface area contributed by atoms with Crippen LogP contribution in [0.1, 0.15) is 31.2 Å². The summed E-state index contributed by atoms with van der Waals surface area (Å²) in [6, 6.07) is 10.0. The lowest BCUT2D eigenvalue weighted by molar-refractivity contribution is 0.104. The van der Waals surface area contributed by atoms with Gasteiger partial charge in [-0.3, -0.25) is 4.79 Å². The number of rotatable bonds is 2. The van der Waals surface area contributed by atoms with Gasteiger partial charge >= 0.3 is 0 Å². The van der Waals surface area contributed by atoms with Gasteiger partial charge in [-0.15, -0.1) is 11.3 Å². The zero-order chi connectivity index (χ0) is 12.5.